The Kier molecular flexibility index (Phi) is 3.39. The minimum absolute atomic E-state index is 0.196. The molecular formula is C30H19N. The molecule has 7 rings (SSSR count). The highest BCUT2D eigenvalue weighted by molar-refractivity contribution is 6.18. The van der Waals surface area contributed by atoms with Gasteiger partial charge < -0.3 is 0 Å². The summed E-state index contributed by atoms with van der Waals surface area (Å²) in [7, 11) is 0. The third-order valence-electron chi connectivity index (χ3n) is 6.70. The molecule has 0 aromatic heterocycles. The molecule has 0 radical (unpaired) electrons. The van der Waals surface area contributed by atoms with Crippen LogP contribution in [0.2, 0.25) is 0 Å². The van der Waals surface area contributed by atoms with Crippen LogP contribution in [-0.4, -0.2) is 5.71 Å². The number of hydrogen-bond acceptors (Lipinski definition) is 1. The van der Waals surface area contributed by atoms with Gasteiger partial charge in [-0.2, -0.15) is 0 Å². The molecule has 31 heavy (non-hydrogen) atoms. The van der Waals surface area contributed by atoms with Crippen LogP contribution in [0.3, 0.4) is 0 Å². The standard InChI is InChI=1S/C30H19N/c1-2-8-20-17-21(14-13-19(20)7-1)22-15-16-24-23-9-3-4-10-25(23)30-29(27(24)18-22)26-11-5-6-12-28(26)31-30/h1-18,29H/t29-/m1/s1. The molecule has 0 N–H and O–H groups in total. The highest BCUT2D eigenvalue weighted by Gasteiger charge is 2.36. The van der Waals surface area contributed by atoms with Gasteiger partial charge in [0, 0.05) is 5.56 Å². The van der Waals surface area contributed by atoms with Crippen LogP contribution >= 0.6 is 0 Å². The van der Waals surface area contributed by atoms with Gasteiger partial charge in [0.25, 0.3) is 0 Å². The molecule has 0 bridgehead atoms. The molecule has 0 spiro atoms. The Labute approximate surface area is 181 Å². The van der Waals surface area contributed by atoms with Gasteiger partial charge in [0.1, 0.15) is 0 Å². The third kappa shape index (κ3) is 2.41. The maximum absolute atomic E-state index is 5.07. The second-order valence-electron chi connectivity index (χ2n) is 8.40. The smallest absolute Gasteiger partial charge is 0.0675 e. The number of rotatable bonds is 1. The van der Waals surface area contributed by atoms with Gasteiger partial charge in [-0.25, -0.2) is 0 Å². The Morgan fingerprint density at radius 1 is 0.484 bits per heavy atom. The first-order chi connectivity index (χ1) is 15.4. The number of nitrogens with zero attached hydrogens (tertiary/aromatic N) is 1. The second-order valence-corrected chi connectivity index (χ2v) is 8.40. The molecule has 1 heterocycles. The van der Waals surface area contributed by atoms with Crippen LogP contribution in [0.15, 0.2) is 114 Å². The summed E-state index contributed by atoms with van der Waals surface area (Å²) in [6.07, 6.45) is 0. The van der Waals surface area contributed by atoms with Crippen LogP contribution < -0.4 is 0 Å². The molecule has 0 saturated heterocycles. The Morgan fingerprint density at radius 3 is 2.13 bits per heavy atom. The monoisotopic (exact) mass is 393 g/mol. The van der Waals surface area contributed by atoms with E-state index in [0.717, 1.165) is 5.69 Å². The van der Waals surface area contributed by atoms with Crippen molar-refractivity contribution in [3.05, 3.63) is 126 Å². The Balaban J connectivity index is 1.48. The van der Waals surface area contributed by atoms with Gasteiger partial charge in [-0.05, 0) is 62.4 Å². The number of aliphatic imine (C=N–C) groups is 1. The molecule has 2 aliphatic rings. The van der Waals surface area contributed by atoms with Gasteiger partial charge in [-0.15, -0.1) is 0 Å². The lowest BCUT2D eigenvalue weighted by atomic mass is 9.74. The Morgan fingerprint density at radius 2 is 1.19 bits per heavy atom. The highest BCUT2D eigenvalue weighted by Crippen LogP contribution is 2.50. The maximum atomic E-state index is 5.07. The number of hydrogen-bond donors (Lipinski definition) is 0. The molecule has 1 atom stereocenters. The molecule has 1 nitrogen and oxygen atoms in total. The Bertz CT molecular complexity index is 1540. The van der Waals surface area contributed by atoms with Crippen LogP contribution in [-0.2, 0) is 0 Å². The van der Waals surface area contributed by atoms with Gasteiger partial charge in [0.2, 0.25) is 0 Å². The zero-order chi connectivity index (χ0) is 20.4. The molecule has 0 saturated carbocycles. The van der Waals surface area contributed by atoms with Crippen LogP contribution in [0.1, 0.15) is 22.6 Å². The van der Waals surface area contributed by atoms with Gasteiger partial charge >= 0.3 is 0 Å². The lowest BCUT2D eigenvalue weighted by Crippen LogP contribution is -2.18. The molecule has 0 unspecified atom stereocenters. The van der Waals surface area contributed by atoms with Crippen molar-refractivity contribution < 1.29 is 0 Å². The molecule has 1 heteroatoms. The van der Waals surface area contributed by atoms with E-state index in [1.54, 1.807) is 0 Å². The topological polar surface area (TPSA) is 12.4 Å². The molecule has 1 aliphatic carbocycles. The van der Waals surface area contributed by atoms with E-state index in [-0.39, 0.29) is 5.92 Å². The zero-order valence-corrected chi connectivity index (χ0v) is 16.9. The van der Waals surface area contributed by atoms with Gasteiger partial charge in [-0.3, -0.25) is 4.99 Å². The van der Waals surface area contributed by atoms with Gasteiger partial charge in [0.05, 0.1) is 17.3 Å². The average Bonchev–Trinajstić information content (AvgIpc) is 3.24. The van der Waals surface area contributed by atoms with Crippen molar-refractivity contribution in [3.8, 4) is 22.3 Å². The fraction of sp³-hybridized carbons (Fsp3) is 0.0333. The number of fused-ring (bicyclic) bond motifs is 9. The van der Waals surface area contributed by atoms with E-state index < -0.39 is 0 Å². The van der Waals surface area contributed by atoms with Crippen molar-refractivity contribution in [2.24, 2.45) is 4.99 Å². The van der Waals surface area contributed by atoms with Crippen molar-refractivity contribution in [2.45, 2.75) is 5.92 Å². The number of benzene rings is 5. The zero-order valence-electron chi connectivity index (χ0n) is 16.9. The lowest BCUT2D eigenvalue weighted by Gasteiger charge is -2.27. The summed E-state index contributed by atoms with van der Waals surface area (Å²) in [6, 6.07) is 39.5. The first-order valence-corrected chi connectivity index (χ1v) is 10.8. The van der Waals surface area contributed by atoms with E-state index in [1.807, 2.05) is 0 Å². The maximum Gasteiger partial charge on any atom is 0.0675 e. The van der Waals surface area contributed by atoms with Crippen LogP contribution in [0.5, 0.6) is 0 Å². The summed E-state index contributed by atoms with van der Waals surface area (Å²) < 4.78 is 0. The normalized spacial score (nSPS) is 15.6. The summed E-state index contributed by atoms with van der Waals surface area (Å²) >= 11 is 0. The molecule has 144 valence electrons. The average molecular weight is 393 g/mol. The molecule has 0 fully saturated rings. The SMILES string of the molecule is c1ccc2c(c1)N=C1c3ccccc3-c3ccc(-c4ccc5ccccc5c4)cc3[C@H]12. The fourth-order valence-corrected chi connectivity index (χ4v) is 5.24. The first-order valence-electron chi connectivity index (χ1n) is 10.8. The van der Waals surface area contributed by atoms with E-state index in [4.69, 9.17) is 4.99 Å². The largest absolute Gasteiger partial charge is 0.251 e. The number of para-hydroxylation sites is 1. The van der Waals surface area contributed by atoms with E-state index in [1.165, 1.54) is 55.4 Å². The van der Waals surface area contributed by atoms with Crippen molar-refractivity contribution in [1.82, 2.24) is 0 Å². The van der Waals surface area contributed by atoms with Crippen molar-refractivity contribution in [1.29, 1.82) is 0 Å². The summed E-state index contributed by atoms with van der Waals surface area (Å²) in [4.78, 5) is 5.07. The van der Waals surface area contributed by atoms with Gasteiger partial charge in [0.15, 0.2) is 0 Å². The van der Waals surface area contributed by atoms with Crippen molar-refractivity contribution in [3.63, 3.8) is 0 Å². The van der Waals surface area contributed by atoms with Crippen molar-refractivity contribution in [2.75, 3.05) is 0 Å². The summed E-state index contributed by atoms with van der Waals surface area (Å²) in [5.74, 6) is 0.196. The quantitative estimate of drug-likeness (QED) is 0.276. The minimum atomic E-state index is 0.196. The van der Waals surface area contributed by atoms with E-state index in [9.17, 15) is 0 Å². The summed E-state index contributed by atoms with van der Waals surface area (Å²) in [5.41, 5.74) is 11.3. The molecule has 5 aromatic carbocycles. The third-order valence-corrected chi connectivity index (χ3v) is 6.70. The Hall–Kier alpha value is -3.97. The molecule has 1 aliphatic heterocycles. The highest BCUT2D eigenvalue weighted by atomic mass is 14.8. The summed E-state index contributed by atoms with van der Waals surface area (Å²) in [6.45, 7) is 0. The van der Waals surface area contributed by atoms with Crippen LogP contribution in [0.25, 0.3) is 33.0 Å². The fourth-order valence-electron chi connectivity index (χ4n) is 5.24. The molecular weight excluding hydrogens is 374 g/mol. The molecule has 5 aromatic rings. The van der Waals surface area contributed by atoms with E-state index >= 15 is 0 Å². The summed E-state index contributed by atoms with van der Waals surface area (Å²) in [5, 5.41) is 2.55. The predicted octanol–water partition coefficient (Wildman–Crippen LogP) is 7.75. The lowest BCUT2D eigenvalue weighted by molar-refractivity contribution is 1.10. The van der Waals surface area contributed by atoms with Crippen molar-refractivity contribution >= 4 is 22.2 Å². The first kappa shape index (κ1) is 16.8. The van der Waals surface area contributed by atoms with E-state index in [0.29, 0.717) is 0 Å². The molecule has 0 amide bonds. The van der Waals surface area contributed by atoms with E-state index in [2.05, 4.69) is 109 Å². The second kappa shape index (κ2) is 6.26. The van der Waals surface area contributed by atoms with Gasteiger partial charge in [-0.1, -0.05) is 91.0 Å². The minimum Gasteiger partial charge on any atom is -0.251 e. The predicted molar refractivity (Wildman–Crippen MR) is 129 cm³/mol. The van der Waals surface area contributed by atoms with Crippen LogP contribution in [0.4, 0.5) is 5.69 Å². The van der Waals surface area contributed by atoms with Crippen LogP contribution in [0, 0.1) is 0 Å².